The molecule has 0 fully saturated rings. The van der Waals surface area contributed by atoms with Gasteiger partial charge in [-0.3, -0.25) is 0 Å². The Morgan fingerprint density at radius 2 is 1.24 bits per heavy atom. The molecule has 0 N–H and O–H groups in total. The molecule has 0 radical (unpaired) electrons. The van der Waals surface area contributed by atoms with Gasteiger partial charge < -0.3 is 14.2 Å². The topological polar surface area (TPSA) is 44.8 Å². The number of ether oxygens (including phenoxy) is 3. The second-order valence-electron chi connectivity index (χ2n) is 9.87. The van der Waals surface area contributed by atoms with Gasteiger partial charge in [0.25, 0.3) is 0 Å². The van der Waals surface area contributed by atoms with E-state index in [9.17, 15) is 4.79 Å². The molecule has 0 aromatic heterocycles. The first-order valence-electron chi connectivity index (χ1n) is 14.4. The first-order chi connectivity index (χ1) is 18.6. The lowest BCUT2D eigenvalue weighted by Crippen LogP contribution is -2.09. The van der Waals surface area contributed by atoms with Crippen molar-refractivity contribution >= 4 is 5.97 Å². The maximum Gasteiger partial charge on any atom is 0.343 e. The van der Waals surface area contributed by atoms with Gasteiger partial charge in [-0.1, -0.05) is 107 Å². The quantitative estimate of drug-likeness (QED) is 0.102. The van der Waals surface area contributed by atoms with Crippen molar-refractivity contribution in [2.24, 2.45) is 0 Å². The molecule has 0 saturated heterocycles. The molecule has 0 spiro atoms. The van der Waals surface area contributed by atoms with Gasteiger partial charge in [-0.15, -0.1) is 0 Å². The fraction of sp³-hybridized carbons (Fsp3) is 0.441. The Balaban J connectivity index is 1.49. The van der Waals surface area contributed by atoms with Crippen LogP contribution in [-0.2, 0) is 4.74 Å². The SMILES string of the molecule is CCCCCCCCCOC(C)c1ccc(-c2ccc(C(=O)Oc3ccccc3OCCCC)cc2)cc1. The van der Waals surface area contributed by atoms with Crippen molar-refractivity contribution in [1.82, 2.24) is 0 Å². The molecular formula is C34H44O4. The van der Waals surface area contributed by atoms with E-state index in [1.54, 1.807) is 18.2 Å². The second-order valence-corrected chi connectivity index (χ2v) is 9.87. The van der Waals surface area contributed by atoms with E-state index in [0.29, 0.717) is 23.7 Å². The fourth-order valence-electron chi connectivity index (χ4n) is 4.30. The zero-order chi connectivity index (χ0) is 27.0. The summed E-state index contributed by atoms with van der Waals surface area (Å²) in [5.41, 5.74) is 3.83. The first-order valence-corrected chi connectivity index (χ1v) is 14.4. The van der Waals surface area contributed by atoms with E-state index in [1.807, 2.05) is 30.3 Å². The van der Waals surface area contributed by atoms with Crippen LogP contribution in [0.5, 0.6) is 11.5 Å². The molecule has 0 saturated carbocycles. The average molecular weight is 517 g/mol. The number of esters is 1. The molecule has 4 heteroatoms. The van der Waals surface area contributed by atoms with Gasteiger partial charge in [-0.25, -0.2) is 4.79 Å². The molecule has 3 rings (SSSR count). The van der Waals surface area contributed by atoms with Crippen molar-refractivity contribution in [2.45, 2.75) is 84.7 Å². The summed E-state index contributed by atoms with van der Waals surface area (Å²) in [6.45, 7) is 7.89. The lowest BCUT2D eigenvalue weighted by atomic mass is 10.0. The molecule has 0 bridgehead atoms. The van der Waals surface area contributed by atoms with Gasteiger partial charge in [0.15, 0.2) is 11.5 Å². The van der Waals surface area contributed by atoms with E-state index in [-0.39, 0.29) is 6.10 Å². The second kappa shape index (κ2) is 16.7. The van der Waals surface area contributed by atoms with E-state index < -0.39 is 5.97 Å². The summed E-state index contributed by atoms with van der Waals surface area (Å²) in [7, 11) is 0. The Morgan fingerprint density at radius 1 is 0.658 bits per heavy atom. The third-order valence-electron chi connectivity index (χ3n) is 6.76. The van der Waals surface area contributed by atoms with Crippen LogP contribution in [0.2, 0.25) is 0 Å². The van der Waals surface area contributed by atoms with Gasteiger partial charge in [0.1, 0.15) is 0 Å². The molecule has 0 aliphatic heterocycles. The van der Waals surface area contributed by atoms with Gasteiger partial charge in [-0.05, 0) is 60.7 Å². The van der Waals surface area contributed by atoms with Gasteiger partial charge in [0.2, 0.25) is 0 Å². The summed E-state index contributed by atoms with van der Waals surface area (Å²) in [6, 6.07) is 23.3. The molecule has 204 valence electrons. The Kier molecular flexibility index (Phi) is 12.9. The molecule has 1 atom stereocenters. The molecule has 38 heavy (non-hydrogen) atoms. The molecule has 0 amide bonds. The Bertz CT molecular complexity index is 1070. The Hall–Kier alpha value is -3.11. The zero-order valence-electron chi connectivity index (χ0n) is 23.4. The minimum absolute atomic E-state index is 0.0788. The minimum atomic E-state index is -0.398. The van der Waals surface area contributed by atoms with Crippen LogP contribution in [-0.4, -0.2) is 19.2 Å². The molecule has 0 aliphatic rings. The number of carbonyl (C=O) groups is 1. The van der Waals surface area contributed by atoms with E-state index in [4.69, 9.17) is 14.2 Å². The third-order valence-corrected chi connectivity index (χ3v) is 6.76. The summed E-state index contributed by atoms with van der Waals surface area (Å²) >= 11 is 0. The number of benzene rings is 3. The normalized spacial score (nSPS) is 11.8. The standard InChI is InChI=1S/C34H44O4/c1-4-6-8-9-10-11-14-26-36-27(3)28-17-19-29(20-18-28)30-21-23-31(24-22-30)34(35)38-33-16-13-12-15-32(33)37-25-7-5-2/h12-13,15-24,27H,4-11,14,25-26H2,1-3H3. The van der Waals surface area contributed by atoms with Crippen molar-refractivity contribution in [2.75, 3.05) is 13.2 Å². The number of unbranched alkanes of at least 4 members (excludes halogenated alkanes) is 7. The van der Waals surface area contributed by atoms with Crippen LogP contribution in [0.15, 0.2) is 72.8 Å². The van der Waals surface area contributed by atoms with Crippen LogP contribution in [0.25, 0.3) is 11.1 Å². The average Bonchev–Trinajstić information content (AvgIpc) is 2.95. The summed E-state index contributed by atoms with van der Waals surface area (Å²) in [4.78, 5) is 12.8. The van der Waals surface area contributed by atoms with E-state index in [1.165, 1.54) is 44.1 Å². The van der Waals surface area contributed by atoms with Crippen LogP contribution in [0.4, 0.5) is 0 Å². The van der Waals surface area contributed by atoms with Gasteiger partial charge in [-0.2, -0.15) is 0 Å². The zero-order valence-corrected chi connectivity index (χ0v) is 23.4. The van der Waals surface area contributed by atoms with Crippen molar-refractivity contribution < 1.29 is 19.0 Å². The summed E-state index contributed by atoms with van der Waals surface area (Å²) < 4.78 is 17.5. The lowest BCUT2D eigenvalue weighted by molar-refractivity contribution is 0.0627. The molecular weight excluding hydrogens is 472 g/mol. The van der Waals surface area contributed by atoms with Crippen molar-refractivity contribution in [3.63, 3.8) is 0 Å². The number of para-hydroxylation sites is 2. The highest BCUT2D eigenvalue weighted by molar-refractivity contribution is 5.92. The van der Waals surface area contributed by atoms with Gasteiger partial charge in [0.05, 0.1) is 18.3 Å². The highest BCUT2D eigenvalue weighted by Gasteiger charge is 2.13. The smallest absolute Gasteiger partial charge is 0.343 e. The minimum Gasteiger partial charge on any atom is -0.490 e. The molecule has 3 aromatic rings. The van der Waals surface area contributed by atoms with Gasteiger partial charge in [0, 0.05) is 6.61 Å². The lowest BCUT2D eigenvalue weighted by Gasteiger charge is -2.14. The van der Waals surface area contributed by atoms with Crippen LogP contribution in [0, 0.1) is 0 Å². The highest BCUT2D eigenvalue weighted by Crippen LogP contribution is 2.28. The fourth-order valence-corrected chi connectivity index (χ4v) is 4.30. The van der Waals surface area contributed by atoms with Gasteiger partial charge >= 0.3 is 5.97 Å². The van der Waals surface area contributed by atoms with Crippen molar-refractivity contribution in [3.8, 4) is 22.6 Å². The molecule has 0 aliphatic carbocycles. The largest absolute Gasteiger partial charge is 0.490 e. The van der Waals surface area contributed by atoms with E-state index in [0.717, 1.165) is 37.0 Å². The maximum absolute atomic E-state index is 12.8. The van der Waals surface area contributed by atoms with Crippen LogP contribution in [0.1, 0.15) is 101 Å². The number of hydrogen-bond acceptors (Lipinski definition) is 4. The van der Waals surface area contributed by atoms with Crippen LogP contribution >= 0.6 is 0 Å². The molecule has 1 unspecified atom stereocenters. The van der Waals surface area contributed by atoms with Crippen LogP contribution in [0.3, 0.4) is 0 Å². The number of carbonyl (C=O) groups excluding carboxylic acids is 1. The number of hydrogen-bond donors (Lipinski definition) is 0. The predicted molar refractivity (Wildman–Crippen MR) is 156 cm³/mol. The maximum atomic E-state index is 12.8. The third kappa shape index (κ3) is 9.64. The predicted octanol–water partition coefficient (Wildman–Crippen LogP) is 9.58. The summed E-state index contributed by atoms with van der Waals surface area (Å²) in [6.07, 6.45) is 11.1. The highest BCUT2D eigenvalue weighted by atomic mass is 16.6. The molecule has 4 nitrogen and oxygen atoms in total. The van der Waals surface area contributed by atoms with Crippen molar-refractivity contribution in [1.29, 1.82) is 0 Å². The summed E-state index contributed by atoms with van der Waals surface area (Å²) in [5.74, 6) is 0.633. The van der Waals surface area contributed by atoms with E-state index >= 15 is 0 Å². The Labute approximate surface area is 229 Å². The van der Waals surface area contributed by atoms with Crippen molar-refractivity contribution in [3.05, 3.63) is 83.9 Å². The Morgan fingerprint density at radius 3 is 1.89 bits per heavy atom. The van der Waals surface area contributed by atoms with E-state index in [2.05, 4.69) is 45.0 Å². The molecule has 0 heterocycles. The number of rotatable bonds is 17. The van der Waals surface area contributed by atoms with Crippen LogP contribution < -0.4 is 9.47 Å². The first kappa shape index (κ1) is 29.4. The molecule has 3 aromatic carbocycles. The summed E-state index contributed by atoms with van der Waals surface area (Å²) in [5, 5.41) is 0. The monoisotopic (exact) mass is 516 g/mol.